The van der Waals surface area contributed by atoms with Gasteiger partial charge in [0.25, 0.3) is 0 Å². The molecule has 0 aromatic rings. The first-order chi connectivity index (χ1) is 2.41. The fourth-order valence-electron chi connectivity index (χ4n) is 0.136. The summed E-state index contributed by atoms with van der Waals surface area (Å²) in [6, 6.07) is 0. The van der Waals surface area contributed by atoms with Gasteiger partial charge in [-0.3, -0.25) is 0 Å². The van der Waals surface area contributed by atoms with Gasteiger partial charge in [-0.1, -0.05) is 24.8 Å². The second kappa shape index (κ2) is 8.92. The van der Waals surface area contributed by atoms with Crippen LogP contribution < -0.4 is 0 Å². The van der Waals surface area contributed by atoms with Crippen molar-refractivity contribution < 1.29 is 19.5 Å². The molecule has 0 aliphatic heterocycles. The first-order valence-electron chi connectivity index (χ1n) is 1.65. The van der Waals surface area contributed by atoms with E-state index < -0.39 is 0 Å². The molecule has 36 valence electrons. The first kappa shape index (κ1) is 9.44. The van der Waals surface area contributed by atoms with Crippen molar-refractivity contribution in [3.8, 4) is 0 Å². The minimum absolute atomic E-state index is 0. The molecular weight excluding hydrogens is 161 g/mol. The summed E-state index contributed by atoms with van der Waals surface area (Å²) in [6.07, 6.45) is 5.58. The Morgan fingerprint density at radius 3 is 2.00 bits per heavy atom. The Morgan fingerprint density at radius 1 is 1.50 bits per heavy atom. The number of hydrogen-bond acceptors (Lipinski definition) is 0. The van der Waals surface area contributed by atoms with Crippen LogP contribution in [0.1, 0.15) is 6.92 Å². The molecule has 0 rings (SSSR count). The molecule has 0 saturated carbocycles. The van der Waals surface area contributed by atoms with Gasteiger partial charge in [0.15, 0.2) is 0 Å². The van der Waals surface area contributed by atoms with Crippen molar-refractivity contribution in [2.24, 2.45) is 0 Å². The van der Waals surface area contributed by atoms with Crippen LogP contribution in [0.25, 0.3) is 0 Å². The Hall–Kier alpha value is 0.103. The van der Waals surface area contributed by atoms with E-state index in [1.54, 1.807) is 6.08 Å². The molecule has 0 nitrogen and oxygen atoms in total. The van der Waals surface area contributed by atoms with Crippen LogP contribution in [0.15, 0.2) is 24.8 Å². The second-order valence-electron chi connectivity index (χ2n) is 0.761. The van der Waals surface area contributed by atoms with E-state index in [-0.39, 0.29) is 19.5 Å². The third-order valence-corrected chi connectivity index (χ3v) is 0.329. The zero-order valence-corrected chi connectivity index (χ0v) is 5.53. The number of rotatable bonds is 1. The van der Waals surface area contributed by atoms with Crippen LogP contribution in [0.4, 0.5) is 0 Å². The molecular formula is C5H8Ru. The van der Waals surface area contributed by atoms with Crippen molar-refractivity contribution in [3.63, 3.8) is 0 Å². The molecule has 0 bridgehead atoms. The molecule has 0 heterocycles. The number of allylic oxidation sites excluding steroid dienone is 3. The van der Waals surface area contributed by atoms with Crippen LogP contribution in [0.5, 0.6) is 0 Å². The minimum Gasteiger partial charge on any atom is -0.0991 e. The molecule has 0 aliphatic carbocycles. The summed E-state index contributed by atoms with van der Waals surface area (Å²) in [5.74, 6) is 0. The van der Waals surface area contributed by atoms with E-state index in [0.29, 0.717) is 0 Å². The maximum absolute atomic E-state index is 3.46. The van der Waals surface area contributed by atoms with Crippen LogP contribution in [0, 0.1) is 0 Å². The monoisotopic (exact) mass is 170 g/mol. The Bertz CT molecular complexity index is 45.9. The third-order valence-electron chi connectivity index (χ3n) is 0.329. The van der Waals surface area contributed by atoms with Crippen molar-refractivity contribution in [2.75, 3.05) is 0 Å². The average Bonchev–Trinajstić information content (AvgIpc) is 1.41. The Morgan fingerprint density at radius 2 is 2.00 bits per heavy atom. The maximum Gasteiger partial charge on any atom is 0 e. The summed E-state index contributed by atoms with van der Waals surface area (Å²) >= 11 is 0. The Labute approximate surface area is 51.7 Å². The summed E-state index contributed by atoms with van der Waals surface area (Å²) in [4.78, 5) is 0. The molecule has 0 saturated heterocycles. The summed E-state index contributed by atoms with van der Waals surface area (Å²) in [5.41, 5.74) is 0. The van der Waals surface area contributed by atoms with E-state index in [1.807, 2.05) is 19.1 Å². The molecule has 0 aromatic carbocycles. The van der Waals surface area contributed by atoms with Gasteiger partial charge in [-0.15, -0.1) is 0 Å². The normalized spacial score (nSPS) is 7.50. The molecule has 0 unspecified atom stereocenters. The van der Waals surface area contributed by atoms with Gasteiger partial charge in [-0.05, 0) is 6.92 Å². The van der Waals surface area contributed by atoms with Crippen molar-refractivity contribution in [3.05, 3.63) is 24.8 Å². The van der Waals surface area contributed by atoms with Crippen LogP contribution in [0.3, 0.4) is 0 Å². The Balaban J connectivity index is 0. The van der Waals surface area contributed by atoms with Crippen LogP contribution in [-0.2, 0) is 19.5 Å². The molecule has 0 atom stereocenters. The molecule has 1 heteroatoms. The van der Waals surface area contributed by atoms with Gasteiger partial charge in [0, 0.05) is 19.5 Å². The van der Waals surface area contributed by atoms with Crippen molar-refractivity contribution in [2.45, 2.75) is 6.92 Å². The predicted molar refractivity (Wildman–Crippen MR) is 25.0 cm³/mol. The zero-order chi connectivity index (χ0) is 4.12. The van der Waals surface area contributed by atoms with E-state index in [4.69, 9.17) is 0 Å². The van der Waals surface area contributed by atoms with Crippen molar-refractivity contribution >= 4 is 0 Å². The van der Waals surface area contributed by atoms with Gasteiger partial charge in [-0.25, -0.2) is 0 Å². The molecule has 0 N–H and O–H groups in total. The van der Waals surface area contributed by atoms with Crippen LogP contribution in [-0.4, -0.2) is 0 Å². The van der Waals surface area contributed by atoms with Gasteiger partial charge in [0.1, 0.15) is 0 Å². The topological polar surface area (TPSA) is 0 Å². The Kier molecular flexibility index (Phi) is 14.0. The fraction of sp³-hybridized carbons (Fsp3) is 0.200. The third kappa shape index (κ3) is 8.93. The standard InChI is InChI=1S/C5H8.Ru/c1-3-5-4-2;/h3-5H,1H2,2H3;. The quantitative estimate of drug-likeness (QED) is 0.414. The summed E-state index contributed by atoms with van der Waals surface area (Å²) in [5, 5.41) is 0. The average molecular weight is 169 g/mol. The van der Waals surface area contributed by atoms with E-state index in [9.17, 15) is 0 Å². The van der Waals surface area contributed by atoms with E-state index in [0.717, 1.165) is 0 Å². The SMILES string of the molecule is C=CC=CC.[Ru]. The van der Waals surface area contributed by atoms with Gasteiger partial charge in [-0.2, -0.15) is 0 Å². The molecule has 0 spiro atoms. The molecule has 0 amide bonds. The maximum atomic E-state index is 3.46. The predicted octanol–water partition coefficient (Wildman–Crippen LogP) is 1.75. The minimum atomic E-state index is 0. The summed E-state index contributed by atoms with van der Waals surface area (Å²) < 4.78 is 0. The largest absolute Gasteiger partial charge is 0.0991 e. The van der Waals surface area contributed by atoms with Gasteiger partial charge in [0.05, 0.1) is 0 Å². The van der Waals surface area contributed by atoms with Gasteiger partial charge >= 0.3 is 0 Å². The van der Waals surface area contributed by atoms with Crippen molar-refractivity contribution in [1.82, 2.24) is 0 Å². The fourth-order valence-corrected chi connectivity index (χ4v) is 0.136. The molecule has 0 aromatic heterocycles. The smallest absolute Gasteiger partial charge is 0 e. The van der Waals surface area contributed by atoms with E-state index >= 15 is 0 Å². The first-order valence-corrected chi connectivity index (χ1v) is 1.65. The zero-order valence-electron chi connectivity index (χ0n) is 3.79. The molecule has 0 radical (unpaired) electrons. The molecule has 6 heavy (non-hydrogen) atoms. The molecule has 0 fully saturated rings. The van der Waals surface area contributed by atoms with Crippen LogP contribution >= 0.6 is 0 Å². The van der Waals surface area contributed by atoms with E-state index in [1.165, 1.54) is 0 Å². The van der Waals surface area contributed by atoms with Crippen LogP contribution in [0.2, 0.25) is 0 Å². The number of hydrogen-bond donors (Lipinski definition) is 0. The molecule has 0 aliphatic rings. The summed E-state index contributed by atoms with van der Waals surface area (Å²) in [7, 11) is 0. The van der Waals surface area contributed by atoms with Gasteiger partial charge in [0.2, 0.25) is 0 Å². The summed E-state index contributed by atoms with van der Waals surface area (Å²) in [6.45, 7) is 5.42. The second-order valence-corrected chi connectivity index (χ2v) is 0.761. The van der Waals surface area contributed by atoms with E-state index in [2.05, 4.69) is 6.58 Å². The van der Waals surface area contributed by atoms with Crippen molar-refractivity contribution in [1.29, 1.82) is 0 Å². The van der Waals surface area contributed by atoms with Gasteiger partial charge < -0.3 is 0 Å².